The van der Waals surface area contributed by atoms with Gasteiger partial charge in [-0.2, -0.15) is 0 Å². The summed E-state index contributed by atoms with van der Waals surface area (Å²) in [6.07, 6.45) is 3.67. The van der Waals surface area contributed by atoms with Crippen molar-refractivity contribution in [3.05, 3.63) is 35.4 Å². The first kappa shape index (κ1) is 18.0. The molecular weight excluding hydrogens is 324 g/mol. The van der Waals surface area contributed by atoms with Crippen LogP contribution in [0.5, 0.6) is 0 Å². The number of ether oxygens (including phenoxy) is 1. The molecular formula is C22H32N2O2. The molecule has 1 N–H and O–H groups in total. The van der Waals surface area contributed by atoms with Crippen LogP contribution in [0.4, 0.5) is 0 Å². The minimum Gasteiger partial charge on any atom is -0.379 e. The zero-order valence-corrected chi connectivity index (χ0v) is 16.4. The second-order valence-corrected chi connectivity index (χ2v) is 9.23. The Hall–Kier alpha value is -1.39. The van der Waals surface area contributed by atoms with Crippen molar-refractivity contribution in [2.24, 2.45) is 16.7 Å². The van der Waals surface area contributed by atoms with E-state index in [9.17, 15) is 4.79 Å². The van der Waals surface area contributed by atoms with Gasteiger partial charge in [0.25, 0.3) is 5.91 Å². The van der Waals surface area contributed by atoms with Gasteiger partial charge in [-0.1, -0.05) is 32.9 Å². The molecule has 0 spiro atoms. The van der Waals surface area contributed by atoms with Crippen molar-refractivity contribution in [2.45, 2.75) is 52.6 Å². The van der Waals surface area contributed by atoms with E-state index in [1.54, 1.807) is 0 Å². The molecule has 4 heteroatoms. The van der Waals surface area contributed by atoms with E-state index in [0.717, 1.165) is 50.8 Å². The van der Waals surface area contributed by atoms with Gasteiger partial charge >= 0.3 is 0 Å². The second kappa shape index (κ2) is 6.65. The first-order chi connectivity index (χ1) is 12.4. The smallest absolute Gasteiger partial charge is 0.251 e. The maximum Gasteiger partial charge on any atom is 0.251 e. The first-order valence-electron chi connectivity index (χ1n) is 10.1. The molecule has 1 aliphatic heterocycles. The summed E-state index contributed by atoms with van der Waals surface area (Å²) in [6.45, 7) is 11.6. The molecule has 1 aromatic carbocycles. The third-order valence-electron chi connectivity index (χ3n) is 7.80. The van der Waals surface area contributed by atoms with E-state index >= 15 is 0 Å². The monoisotopic (exact) mass is 356 g/mol. The van der Waals surface area contributed by atoms with Crippen LogP contribution in [-0.4, -0.2) is 43.2 Å². The first-order valence-corrected chi connectivity index (χ1v) is 10.1. The van der Waals surface area contributed by atoms with Crippen molar-refractivity contribution in [1.29, 1.82) is 0 Å². The molecule has 0 radical (unpaired) electrons. The molecule has 3 atom stereocenters. The summed E-state index contributed by atoms with van der Waals surface area (Å²) in [5, 5.41) is 3.38. The molecule has 2 saturated carbocycles. The fraction of sp³-hybridized carbons (Fsp3) is 0.682. The topological polar surface area (TPSA) is 41.6 Å². The SMILES string of the molecule is CC1(C)C2CCC1(C)C(NC(=O)c1cccc(CN3CCOCC3)c1)C2. The second-order valence-electron chi connectivity index (χ2n) is 9.23. The third-order valence-corrected chi connectivity index (χ3v) is 7.80. The fourth-order valence-electron chi connectivity index (χ4n) is 5.49. The number of amides is 1. The number of carbonyl (C=O) groups excluding carboxylic acids is 1. The van der Waals surface area contributed by atoms with Crippen LogP contribution >= 0.6 is 0 Å². The molecule has 0 aromatic heterocycles. The lowest BCUT2D eigenvalue weighted by Crippen LogP contribution is -2.46. The Morgan fingerprint density at radius 3 is 2.69 bits per heavy atom. The van der Waals surface area contributed by atoms with Crippen molar-refractivity contribution < 1.29 is 9.53 Å². The zero-order chi connectivity index (χ0) is 18.4. The number of fused-ring (bicyclic) bond motifs is 2. The molecule has 3 fully saturated rings. The summed E-state index contributed by atoms with van der Waals surface area (Å²) in [4.78, 5) is 15.3. The van der Waals surface area contributed by atoms with Gasteiger partial charge in [-0.15, -0.1) is 0 Å². The highest BCUT2D eigenvalue weighted by Gasteiger charge is 2.61. The van der Waals surface area contributed by atoms with Crippen molar-refractivity contribution in [3.8, 4) is 0 Å². The van der Waals surface area contributed by atoms with Gasteiger partial charge < -0.3 is 10.1 Å². The molecule has 3 unspecified atom stereocenters. The Balaban J connectivity index is 1.43. The quantitative estimate of drug-likeness (QED) is 0.898. The van der Waals surface area contributed by atoms with Gasteiger partial charge in [-0.3, -0.25) is 9.69 Å². The number of nitrogens with zero attached hydrogens (tertiary/aromatic N) is 1. The fourth-order valence-corrected chi connectivity index (χ4v) is 5.49. The minimum atomic E-state index is 0.0865. The van der Waals surface area contributed by atoms with Crippen LogP contribution in [0.25, 0.3) is 0 Å². The lowest BCUT2D eigenvalue weighted by Gasteiger charge is -2.39. The largest absolute Gasteiger partial charge is 0.379 e. The average Bonchev–Trinajstić information content (AvgIpc) is 2.96. The zero-order valence-electron chi connectivity index (χ0n) is 16.4. The van der Waals surface area contributed by atoms with Crippen LogP contribution in [0, 0.1) is 16.7 Å². The predicted molar refractivity (Wildman–Crippen MR) is 103 cm³/mol. The number of hydrogen-bond donors (Lipinski definition) is 1. The summed E-state index contributed by atoms with van der Waals surface area (Å²) in [5.41, 5.74) is 2.54. The van der Waals surface area contributed by atoms with E-state index in [1.807, 2.05) is 12.1 Å². The third kappa shape index (κ3) is 2.97. The van der Waals surface area contributed by atoms with Gasteiger partial charge in [0.05, 0.1) is 13.2 Å². The van der Waals surface area contributed by atoms with Crippen LogP contribution in [0.3, 0.4) is 0 Å². The molecule has 4 nitrogen and oxygen atoms in total. The standard InChI is InChI=1S/C22H32N2O2/c1-21(2)18-7-8-22(21,3)19(14-18)23-20(25)17-6-4-5-16(13-17)15-24-9-11-26-12-10-24/h4-6,13,18-19H,7-12,14-15H2,1-3H3,(H,23,25). The molecule has 2 aliphatic carbocycles. The van der Waals surface area contributed by atoms with Gasteiger partial charge in [-0.05, 0) is 53.7 Å². The molecule has 2 bridgehead atoms. The average molecular weight is 357 g/mol. The molecule has 3 aliphatic rings. The van der Waals surface area contributed by atoms with E-state index in [2.05, 4.69) is 43.1 Å². The van der Waals surface area contributed by atoms with Crippen molar-refractivity contribution in [2.75, 3.05) is 26.3 Å². The molecule has 1 aromatic rings. The molecule has 26 heavy (non-hydrogen) atoms. The summed E-state index contributed by atoms with van der Waals surface area (Å²) < 4.78 is 5.42. The Morgan fingerprint density at radius 2 is 2.04 bits per heavy atom. The van der Waals surface area contributed by atoms with Crippen LogP contribution in [0.1, 0.15) is 56.0 Å². The Labute approximate surface area is 157 Å². The molecule has 1 saturated heterocycles. The number of nitrogens with one attached hydrogen (secondary N) is 1. The summed E-state index contributed by atoms with van der Waals surface area (Å²) in [5.74, 6) is 0.828. The molecule has 142 valence electrons. The molecule has 1 heterocycles. The van der Waals surface area contributed by atoms with Gasteiger partial charge in [0.15, 0.2) is 0 Å². The van der Waals surface area contributed by atoms with Crippen molar-refractivity contribution >= 4 is 5.91 Å². The summed E-state index contributed by atoms with van der Waals surface area (Å²) in [7, 11) is 0. The number of rotatable bonds is 4. The minimum absolute atomic E-state index is 0.0865. The highest BCUT2D eigenvalue weighted by molar-refractivity contribution is 5.94. The van der Waals surface area contributed by atoms with E-state index in [4.69, 9.17) is 4.74 Å². The maximum absolute atomic E-state index is 12.9. The highest BCUT2D eigenvalue weighted by Crippen LogP contribution is 2.65. The van der Waals surface area contributed by atoms with Crippen molar-refractivity contribution in [3.63, 3.8) is 0 Å². The van der Waals surface area contributed by atoms with Crippen LogP contribution in [0.15, 0.2) is 24.3 Å². The van der Waals surface area contributed by atoms with Gasteiger partial charge in [-0.25, -0.2) is 0 Å². The van der Waals surface area contributed by atoms with Crippen LogP contribution < -0.4 is 5.32 Å². The van der Waals surface area contributed by atoms with Crippen LogP contribution in [-0.2, 0) is 11.3 Å². The lowest BCUT2D eigenvalue weighted by atomic mass is 9.69. The Morgan fingerprint density at radius 1 is 1.27 bits per heavy atom. The number of benzene rings is 1. The van der Waals surface area contributed by atoms with E-state index in [0.29, 0.717) is 11.5 Å². The van der Waals surface area contributed by atoms with Gasteiger partial charge in [0.2, 0.25) is 0 Å². The highest BCUT2D eigenvalue weighted by atomic mass is 16.5. The van der Waals surface area contributed by atoms with E-state index < -0.39 is 0 Å². The number of hydrogen-bond acceptors (Lipinski definition) is 3. The van der Waals surface area contributed by atoms with Crippen molar-refractivity contribution in [1.82, 2.24) is 10.2 Å². The normalized spacial score (nSPS) is 33.3. The number of carbonyl (C=O) groups is 1. The number of morpholine rings is 1. The predicted octanol–water partition coefficient (Wildman–Crippen LogP) is 3.46. The van der Waals surface area contributed by atoms with Gasteiger partial charge in [0, 0.05) is 31.2 Å². The summed E-state index contributed by atoms with van der Waals surface area (Å²) >= 11 is 0. The van der Waals surface area contributed by atoms with E-state index in [-0.39, 0.29) is 11.3 Å². The lowest BCUT2D eigenvalue weighted by molar-refractivity contribution is 0.0341. The Bertz CT molecular complexity index is 680. The van der Waals surface area contributed by atoms with E-state index in [1.165, 1.54) is 18.4 Å². The van der Waals surface area contributed by atoms with Gasteiger partial charge in [0.1, 0.15) is 0 Å². The Kier molecular flexibility index (Phi) is 4.60. The molecule has 4 rings (SSSR count). The maximum atomic E-state index is 12.9. The van der Waals surface area contributed by atoms with Crippen LogP contribution in [0.2, 0.25) is 0 Å². The molecule has 1 amide bonds. The summed E-state index contributed by atoms with van der Waals surface area (Å²) in [6, 6.07) is 8.43.